The molecule has 0 bridgehead atoms. The summed E-state index contributed by atoms with van der Waals surface area (Å²) in [5.41, 5.74) is 0. The first-order valence-corrected chi connectivity index (χ1v) is 4.16. The van der Waals surface area contributed by atoms with E-state index in [4.69, 9.17) is 0 Å². The van der Waals surface area contributed by atoms with Gasteiger partial charge in [0.2, 0.25) is 0 Å². The number of carbonyl (C=O) groups excluding carboxylic acids is 1. The van der Waals surface area contributed by atoms with Crippen molar-refractivity contribution in [2.24, 2.45) is 0 Å². The molecule has 0 aromatic heterocycles. The van der Waals surface area contributed by atoms with E-state index in [1.807, 2.05) is 4.90 Å². The van der Waals surface area contributed by atoms with Crippen LogP contribution >= 0.6 is 0 Å². The highest BCUT2D eigenvalue weighted by Gasteiger charge is 2.22. The first kappa shape index (κ1) is 8.53. The van der Waals surface area contributed by atoms with E-state index in [0.29, 0.717) is 0 Å². The summed E-state index contributed by atoms with van der Waals surface area (Å²) in [6.45, 7) is 3.52. The van der Waals surface area contributed by atoms with Crippen LogP contribution in [0.5, 0.6) is 0 Å². The second-order valence-electron chi connectivity index (χ2n) is 3.09. The molecule has 1 heterocycles. The third-order valence-electron chi connectivity index (χ3n) is 2.28. The number of carbonyl (C=O) groups is 1. The number of rotatable bonds is 2. The molecule has 0 aromatic rings. The lowest BCUT2D eigenvalue weighted by atomic mass is 10.1. The quantitative estimate of drug-likeness (QED) is 0.593. The highest BCUT2D eigenvalue weighted by atomic mass is 16.4. The Morgan fingerprint density at radius 1 is 1.27 bits per heavy atom. The Balaban J connectivity index is 2.38. The summed E-state index contributed by atoms with van der Waals surface area (Å²) in [5.74, 6) is -0.952. The second kappa shape index (κ2) is 3.72. The van der Waals surface area contributed by atoms with Gasteiger partial charge in [0, 0.05) is 0 Å². The lowest BCUT2D eigenvalue weighted by Gasteiger charge is -2.28. The van der Waals surface area contributed by atoms with E-state index in [-0.39, 0.29) is 0 Å². The molecule has 0 amide bonds. The van der Waals surface area contributed by atoms with Gasteiger partial charge in [-0.05, 0) is 32.9 Å². The molecule has 1 aliphatic rings. The van der Waals surface area contributed by atoms with Crippen molar-refractivity contribution < 1.29 is 9.90 Å². The Labute approximate surface area is 67.0 Å². The fourth-order valence-corrected chi connectivity index (χ4v) is 1.45. The minimum absolute atomic E-state index is 0.407. The van der Waals surface area contributed by atoms with Crippen LogP contribution in [0.15, 0.2) is 0 Å². The van der Waals surface area contributed by atoms with Gasteiger partial charge in [-0.15, -0.1) is 0 Å². The summed E-state index contributed by atoms with van der Waals surface area (Å²) >= 11 is 0. The Bertz CT molecular complexity index is 141. The van der Waals surface area contributed by atoms with Crippen molar-refractivity contribution >= 4 is 5.97 Å². The van der Waals surface area contributed by atoms with Gasteiger partial charge in [0.05, 0.1) is 0 Å². The number of hydrogen-bond acceptors (Lipinski definition) is 2. The van der Waals surface area contributed by atoms with E-state index in [2.05, 4.69) is 0 Å². The van der Waals surface area contributed by atoms with Crippen molar-refractivity contribution in [3.8, 4) is 0 Å². The van der Waals surface area contributed by atoms with Gasteiger partial charge in [0.1, 0.15) is 6.04 Å². The summed E-state index contributed by atoms with van der Waals surface area (Å²) in [6.07, 6.45) is 3.48. The monoisotopic (exact) mass is 156 g/mol. The number of likely N-dealkylation sites (tertiary alicyclic amines) is 1. The molecular formula is C8H14NO2. The normalized spacial score (nSPS) is 23.0. The predicted molar refractivity (Wildman–Crippen MR) is 40.6 cm³/mol. The van der Waals surface area contributed by atoms with E-state index in [9.17, 15) is 9.90 Å². The lowest BCUT2D eigenvalue weighted by molar-refractivity contribution is -0.149. The van der Waals surface area contributed by atoms with Crippen molar-refractivity contribution in [3.63, 3.8) is 0 Å². The summed E-state index contributed by atoms with van der Waals surface area (Å²) in [6, 6.07) is -0.407. The summed E-state index contributed by atoms with van der Waals surface area (Å²) < 4.78 is 0. The zero-order chi connectivity index (χ0) is 8.27. The van der Waals surface area contributed by atoms with Crippen molar-refractivity contribution in [3.05, 3.63) is 0 Å². The molecule has 1 fully saturated rings. The first-order chi connectivity index (χ1) is 5.22. The van der Waals surface area contributed by atoms with E-state index in [1.165, 1.54) is 6.42 Å². The Kier molecular flexibility index (Phi) is 2.88. The molecular weight excluding hydrogens is 142 g/mol. The fourth-order valence-electron chi connectivity index (χ4n) is 1.45. The van der Waals surface area contributed by atoms with Crippen LogP contribution in [-0.4, -0.2) is 30.0 Å². The minimum Gasteiger partial charge on any atom is -0.291 e. The molecule has 1 radical (unpaired) electrons. The van der Waals surface area contributed by atoms with Gasteiger partial charge in [0.15, 0.2) is 0 Å². The summed E-state index contributed by atoms with van der Waals surface area (Å²) in [5, 5.41) is 10.4. The highest BCUT2D eigenvalue weighted by Crippen LogP contribution is 2.11. The van der Waals surface area contributed by atoms with Crippen LogP contribution in [0.4, 0.5) is 0 Å². The number of hydrogen-bond donors (Lipinski definition) is 0. The van der Waals surface area contributed by atoms with E-state index < -0.39 is 12.0 Å². The SMILES string of the molecule is CC(C([O])=O)N1CCCCC1. The van der Waals surface area contributed by atoms with E-state index in [1.54, 1.807) is 6.92 Å². The summed E-state index contributed by atoms with van der Waals surface area (Å²) in [7, 11) is 0. The Morgan fingerprint density at radius 2 is 1.82 bits per heavy atom. The van der Waals surface area contributed by atoms with Crippen LogP contribution in [0.1, 0.15) is 26.2 Å². The summed E-state index contributed by atoms with van der Waals surface area (Å²) in [4.78, 5) is 12.4. The van der Waals surface area contributed by atoms with Gasteiger partial charge in [-0.1, -0.05) is 6.42 Å². The fraction of sp³-hybridized carbons (Fsp3) is 0.875. The molecule has 3 heteroatoms. The van der Waals surface area contributed by atoms with Crippen molar-refractivity contribution in [1.29, 1.82) is 0 Å². The van der Waals surface area contributed by atoms with E-state index >= 15 is 0 Å². The average Bonchev–Trinajstić information content (AvgIpc) is 2.05. The molecule has 63 valence electrons. The maximum Gasteiger partial charge on any atom is 0.372 e. The van der Waals surface area contributed by atoms with Crippen LogP contribution in [-0.2, 0) is 9.90 Å². The standard InChI is InChI=1S/C8H14NO2/c1-7(8(10)11)9-5-3-2-4-6-9/h7H,2-6H2,1H3. The molecule has 1 saturated heterocycles. The third kappa shape index (κ3) is 2.19. The second-order valence-corrected chi connectivity index (χ2v) is 3.09. The molecule has 0 saturated carbocycles. The van der Waals surface area contributed by atoms with Crippen molar-refractivity contribution in [2.45, 2.75) is 32.2 Å². The number of piperidine rings is 1. The molecule has 1 rings (SSSR count). The highest BCUT2D eigenvalue weighted by molar-refractivity contribution is 5.72. The van der Waals surface area contributed by atoms with E-state index in [0.717, 1.165) is 25.9 Å². The van der Waals surface area contributed by atoms with Gasteiger partial charge in [-0.3, -0.25) is 4.90 Å². The predicted octanol–water partition coefficient (Wildman–Crippen LogP) is 0.818. The first-order valence-electron chi connectivity index (χ1n) is 4.16. The molecule has 1 atom stereocenters. The molecule has 0 aliphatic carbocycles. The van der Waals surface area contributed by atoms with Gasteiger partial charge in [-0.25, -0.2) is 9.90 Å². The maximum absolute atomic E-state index is 10.4. The van der Waals surface area contributed by atoms with Crippen LogP contribution in [0.2, 0.25) is 0 Å². The van der Waals surface area contributed by atoms with Crippen molar-refractivity contribution in [1.82, 2.24) is 4.90 Å². The maximum atomic E-state index is 10.4. The van der Waals surface area contributed by atoms with Gasteiger partial charge in [0.25, 0.3) is 0 Å². The van der Waals surface area contributed by atoms with Crippen molar-refractivity contribution in [2.75, 3.05) is 13.1 Å². The van der Waals surface area contributed by atoms with Gasteiger partial charge < -0.3 is 0 Å². The largest absolute Gasteiger partial charge is 0.372 e. The molecule has 1 aliphatic heterocycles. The molecule has 0 aromatic carbocycles. The molecule has 3 nitrogen and oxygen atoms in total. The zero-order valence-corrected chi connectivity index (χ0v) is 6.88. The zero-order valence-electron chi connectivity index (χ0n) is 6.88. The topological polar surface area (TPSA) is 40.2 Å². The average molecular weight is 156 g/mol. The minimum atomic E-state index is -0.952. The Morgan fingerprint density at radius 3 is 2.27 bits per heavy atom. The molecule has 0 spiro atoms. The molecule has 1 unspecified atom stereocenters. The van der Waals surface area contributed by atoms with Crippen LogP contribution in [0.25, 0.3) is 0 Å². The van der Waals surface area contributed by atoms with Gasteiger partial charge in [-0.2, -0.15) is 0 Å². The van der Waals surface area contributed by atoms with Crippen LogP contribution in [0.3, 0.4) is 0 Å². The van der Waals surface area contributed by atoms with Crippen LogP contribution in [0, 0.1) is 0 Å². The third-order valence-corrected chi connectivity index (χ3v) is 2.28. The molecule has 0 N–H and O–H groups in total. The van der Waals surface area contributed by atoms with Gasteiger partial charge >= 0.3 is 5.97 Å². The number of nitrogens with zero attached hydrogens (tertiary/aromatic N) is 1. The molecule has 11 heavy (non-hydrogen) atoms. The lowest BCUT2D eigenvalue weighted by Crippen LogP contribution is -2.41. The smallest absolute Gasteiger partial charge is 0.291 e. The van der Waals surface area contributed by atoms with Crippen LogP contribution < -0.4 is 0 Å². The Hall–Kier alpha value is -0.570.